The molecule has 0 atom stereocenters. The molecular formula is C15H17F2N3O. The molecule has 0 aliphatic carbocycles. The van der Waals surface area contributed by atoms with Crippen molar-refractivity contribution in [1.82, 2.24) is 15.3 Å². The number of rotatable bonds is 6. The van der Waals surface area contributed by atoms with Crippen molar-refractivity contribution < 1.29 is 13.5 Å². The Morgan fingerprint density at radius 3 is 2.57 bits per heavy atom. The maximum absolute atomic E-state index is 13.4. The molecule has 0 bridgehead atoms. The lowest BCUT2D eigenvalue weighted by atomic mass is 10.2. The van der Waals surface area contributed by atoms with E-state index in [0.717, 1.165) is 18.2 Å². The van der Waals surface area contributed by atoms with Crippen LogP contribution in [0.4, 0.5) is 8.78 Å². The van der Waals surface area contributed by atoms with Gasteiger partial charge in [0, 0.05) is 24.5 Å². The van der Waals surface area contributed by atoms with Crippen LogP contribution in [-0.2, 0) is 6.54 Å². The van der Waals surface area contributed by atoms with Crippen molar-refractivity contribution in [3.05, 3.63) is 47.8 Å². The maximum atomic E-state index is 13.4. The SMILES string of the molecule is CC(C)CNCc1cnc(Oc2cccc(F)c2F)nc1. The van der Waals surface area contributed by atoms with Crippen LogP contribution in [0.1, 0.15) is 19.4 Å². The van der Waals surface area contributed by atoms with Crippen molar-refractivity contribution in [3.63, 3.8) is 0 Å². The molecule has 112 valence electrons. The molecule has 1 heterocycles. The van der Waals surface area contributed by atoms with Gasteiger partial charge < -0.3 is 10.1 Å². The molecule has 0 spiro atoms. The molecule has 21 heavy (non-hydrogen) atoms. The smallest absolute Gasteiger partial charge is 0.321 e. The summed E-state index contributed by atoms with van der Waals surface area (Å²) in [6, 6.07) is 3.68. The van der Waals surface area contributed by atoms with E-state index >= 15 is 0 Å². The van der Waals surface area contributed by atoms with Gasteiger partial charge in [0.15, 0.2) is 11.6 Å². The molecule has 1 N–H and O–H groups in total. The molecule has 1 aromatic heterocycles. The summed E-state index contributed by atoms with van der Waals surface area (Å²) in [4.78, 5) is 7.96. The Morgan fingerprint density at radius 1 is 1.19 bits per heavy atom. The average molecular weight is 293 g/mol. The number of nitrogens with zero attached hydrogens (tertiary/aromatic N) is 2. The zero-order valence-corrected chi connectivity index (χ0v) is 11.9. The number of halogens is 2. The van der Waals surface area contributed by atoms with Crippen molar-refractivity contribution in [2.24, 2.45) is 5.92 Å². The molecule has 0 radical (unpaired) electrons. The first kappa shape index (κ1) is 15.3. The first-order valence-electron chi connectivity index (χ1n) is 6.69. The van der Waals surface area contributed by atoms with Gasteiger partial charge in [0.25, 0.3) is 0 Å². The predicted octanol–water partition coefficient (Wildman–Crippen LogP) is 3.29. The van der Waals surface area contributed by atoms with Crippen molar-refractivity contribution in [3.8, 4) is 11.8 Å². The number of aromatic nitrogens is 2. The van der Waals surface area contributed by atoms with Crippen molar-refractivity contribution >= 4 is 0 Å². The van der Waals surface area contributed by atoms with E-state index in [0.29, 0.717) is 12.5 Å². The van der Waals surface area contributed by atoms with E-state index in [4.69, 9.17) is 4.74 Å². The maximum Gasteiger partial charge on any atom is 0.321 e. The Hall–Kier alpha value is -2.08. The van der Waals surface area contributed by atoms with Gasteiger partial charge in [-0.3, -0.25) is 0 Å². The van der Waals surface area contributed by atoms with E-state index in [9.17, 15) is 8.78 Å². The molecule has 2 rings (SSSR count). The second-order valence-corrected chi connectivity index (χ2v) is 5.05. The van der Waals surface area contributed by atoms with Crippen LogP contribution >= 0.6 is 0 Å². The molecule has 6 heteroatoms. The van der Waals surface area contributed by atoms with Crippen molar-refractivity contribution in [1.29, 1.82) is 0 Å². The molecule has 2 aromatic rings. The highest BCUT2D eigenvalue weighted by molar-refractivity contribution is 5.27. The summed E-state index contributed by atoms with van der Waals surface area (Å²) >= 11 is 0. The molecule has 0 saturated carbocycles. The van der Waals surface area contributed by atoms with Crippen LogP contribution in [0.3, 0.4) is 0 Å². The summed E-state index contributed by atoms with van der Waals surface area (Å²) in [7, 11) is 0. The van der Waals surface area contributed by atoms with Crippen LogP contribution in [0, 0.1) is 17.6 Å². The molecule has 0 aliphatic heterocycles. The number of ether oxygens (including phenoxy) is 1. The lowest BCUT2D eigenvalue weighted by Gasteiger charge is -2.08. The molecule has 0 unspecified atom stereocenters. The van der Waals surface area contributed by atoms with Crippen LogP contribution in [0.5, 0.6) is 11.8 Å². The van der Waals surface area contributed by atoms with Crippen LogP contribution in [0.15, 0.2) is 30.6 Å². The van der Waals surface area contributed by atoms with Crippen LogP contribution in [-0.4, -0.2) is 16.5 Å². The van der Waals surface area contributed by atoms with E-state index in [1.807, 2.05) is 0 Å². The van der Waals surface area contributed by atoms with Crippen LogP contribution < -0.4 is 10.1 Å². The standard InChI is InChI=1S/C15H17F2N3O/c1-10(2)6-18-7-11-8-19-15(20-9-11)21-13-5-3-4-12(16)14(13)17/h3-5,8-10,18H,6-7H2,1-2H3. The van der Waals surface area contributed by atoms with Gasteiger partial charge in [0.1, 0.15) is 0 Å². The van der Waals surface area contributed by atoms with Gasteiger partial charge in [-0.2, -0.15) is 4.39 Å². The number of hydrogen-bond donors (Lipinski definition) is 1. The monoisotopic (exact) mass is 293 g/mol. The minimum atomic E-state index is -1.05. The van der Waals surface area contributed by atoms with Gasteiger partial charge in [-0.1, -0.05) is 19.9 Å². The van der Waals surface area contributed by atoms with Gasteiger partial charge >= 0.3 is 6.01 Å². The molecular weight excluding hydrogens is 276 g/mol. The summed E-state index contributed by atoms with van der Waals surface area (Å²) in [5.41, 5.74) is 0.891. The Kier molecular flexibility index (Phi) is 5.16. The van der Waals surface area contributed by atoms with Gasteiger partial charge in [-0.25, -0.2) is 14.4 Å². The third-order valence-electron chi connectivity index (χ3n) is 2.68. The Labute approximate surface area is 122 Å². The summed E-state index contributed by atoms with van der Waals surface area (Å²) < 4.78 is 31.6. The van der Waals surface area contributed by atoms with Crippen molar-refractivity contribution in [2.75, 3.05) is 6.54 Å². The summed E-state index contributed by atoms with van der Waals surface area (Å²) in [6.45, 7) is 5.78. The van der Waals surface area contributed by atoms with E-state index in [1.165, 1.54) is 12.1 Å². The van der Waals surface area contributed by atoms with E-state index in [-0.39, 0.29) is 11.8 Å². The zero-order valence-electron chi connectivity index (χ0n) is 11.9. The third kappa shape index (κ3) is 4.46. The van der Waals surface area contributed by atoms with Crippen LogP contribution in [0.25, 0.3) is 0 Å². The van der Waals surface area contributed by atoms with E-state index in [1.54, 1.807) is 12.4 Å². The van der Waals surface area contributed by atoms with E-state index < -0.39 is 11.6 Å². The lowest BCUT2D eigenvalue weighted by molar-refractivity contribution is 0.392. The number of benzene rings is 1. The van der Waals surface area contributed by atoms with E-state index in [2.05, 4.69) is 29.1 Å². The largest absolute Gasteiger partial charge is 0.421 e. The fraction of sp³-hybridized carbons (Fsp3) is 0.333. The summed E-state index contributed by atoms with van der Waals surface area (Å²) in [5, 5.41) is 3.26. The predicted molar refractivity (Wildman–Crippen MR) is 75.0 cm³/mol. The minimum absolute atomic E-state index is 0.0212. The number of nitrogens with one attached hydrogen (secondary N) is 1. The summed E-state index contributed by atoms with van der Waals surface area (Å²) in [6.07, 6.45) is 3.18. The quantitative estimate of drug-likeness (QED) is 0.887. The highest BCUT2D eigenvalue weighted by atomic mass is 19.2. The van der Waals surface area contributed by atoms with Crippen LogP contribution in [0.2, 0.25) is 0 Å². The Bertz CT molecular complexity index is 588. The zero-order chi connectivity index (χ0) is 15.2. The fourth-order valence-electron chi connectivity index (χ4n) is 1.65. The highest BCUT2D eigenvalue weighted by Gasteiger charge is 2.10. The summed E-state index contributed by atoms with van der Waals surface area (Å²) in [5.74, 6) is -1.70. The highest BCUT2D eigenvalue weighted by Crippen LogP contribution is 2.23. The van der Waals surface area contributed by atoms with Gasteiger partial charge in [0.2, 0.25) is 5.82 Å². The molecule has 1 aromatic carbocycles. The van der Waals surface area contributed by atoms with Gasteiger partial charge in [0.05, 0.1) is 0 Å². The normalized spacial score (nSPS) is 10.9. The Morgan fingerprint density at radius 2 is 1.90 bits per heavy atom. The first-order chi connectivity index (χ1) is 10.1. The van der Waals surface area contributed by atoms with Gasteiger partial charge in [-0.05, 0) is 24.6 Å². The lowest BCUT2D eigenvalue weighted by Crippen LogP contribution is -2.19. The molecule has 0 fully saturated rings. The molecule has 4 nitrogen and oxygen atoms in total. The second-order valence-electron chi connectivity index (χ2n) is 5.05. The number of hydrogen-bond acceptors (Lipinski definition) is 4. The third-order valence-corrected chi connectivity index (χ3v) is 2.68. The molecule has 0 aliphatic rings. The van der Waals surface area contributed by atoms with Crippen molar-refractivity contribution in [2.45, 2.75) is 20.4 Å². The first-order valence-corrected chi connectivity index (χ1v) is 6.69. The Balaban J connectivity index is 1.97. The molecule has 0 amide bonds. The van der Waals surface area contributed by atoms with Gasteiger partial charge in [-0.15, -0.1) is 0 Å². The average Bonchev–Trinajstić information content (AvgIpc) is 2.45. The fourth-order valence-corrected chi connectivity index (χ4v) is 1.65. The second kappa shape index (κ2) is 7.08. The topological polar surface area (TPSA) is 47.0 Å². The molecule has 0 saturated heterocycles. The minimum Gasteiger partial charge on any atom is -0.421 e.